The second-order valence-electron chi connectivity index (χ2n) is 3.54. The molecule has 1 aromatic carbocycles. The van der Waals surface area contributed by atoms with Crippen LogP contribution in [0.1, 0.15) is 18.1 Å². The Morgan fingerprint density at radius 2 is 2.15 bits per heavy atom. The standard InChI is InChI=1S/C12H9BrF3NO2S/c1-2-19-11(18)5-7-8(6-17)9(13)3-4-10(7)20-12(14,15)16/h3-4H,2,5H2,1H3. The maximum Gasteiger partial charge on any atom is 0.446 e. The lowest BCUT2D eigenvalue weighted by atomic mass is 10.1. The van der Waals surface area contributed by atoms with E-state index in [2.05, 4.69) is 15.9 Å². The molecule has 0 aliphatic heterocycles. The summed E-state index contributed by atoms with van der Waals surface area (Å²) in [5, 5.41) is 9.04. The van der Waals surface area contributed by atoms with Crippen molar-refractivity contribution in [2.24, 2.45) is 0 Å². The molecule has 0 atom stereocenters. The summed E-state index contributed by atoms with van der Waals surface area (Å²) in [5.74, 6) is -0.675. The number of halogens is 4. The summed E-state index contributed by atoms with van der Waals surface area (Å²) in [5.41, 5.74) is -4.47. The normalized spacial score (nSPS) is 11.0. The Morgan fingerprint density at radius 1 is 1.50 bits per heavy atom. The molecule has 1 aromatic rings. The van der Waals surface area contributed by atoms with Gasteiger partial charge >= 0.3 is 11.5 Å². The van der Waals surface area contributed by atoms with Crippen LogP contribution in [0.15, 0.2) is 21.5 Å². The van der Waals surface area contributed by atoms with E-state index >= 15 is 0 Å². The predicted molar refractivity (Wildman–Crippen MR) is 71.1 cm³/mol. The molecule has 3 nitrogen and oxygen atoms in total. The predicted octanol–water partition coefficient (Wildman–Crippen LogP) is 4.04. The molecule has 0 spiro atoms. The van der Waals surface area contributed by atoms with Crippen molar-refractivity contribution in [3.8, 4) is 6.07 Å². The van der Waals surface area contributed by atoms with Gasteiger partial charge in [-0.25, -0.2) is 0 Å². The summed E-state index contributed by atoms with van der Waals surface area (Å²) in [6.07, 6.45) is -0.380. The van der Waals surface area contributed by atoms with Crippen molar-refractivity contribution in [1.82, 2.24) is 0 Å². The Hall–Kier alpha value is -1.20. The molecule has 0 saturated heterocycles. The molecule has 0 amide bonds. The fraction of sp³-hybridized carbons (Fsp3) is 0.333. The van der Waals surface area contributed by atoms with E-state index in [0.717, 1.165) is 0 Å². The largest absolute Gasteiger partial charge is 0.466 e. The van der Waals surface area contributed by atoms with E-state index in [1.807, 2.05) is 0 Å². The van der Waals surface area contributed by atoms with Crippen molar-refractivity contribution in [2.75, 3.05) is 6.61 Å². The number of carbonyl (C=O) groups excluding carboxylic acids is 1. The summed E-state index contributed by atoms with van der Waals surface area (Å²) in [4.78, 5) is 11.3. The first kappa shape index (κ1) is 16.9. The van der Waals surface area contributed by atoms with E-state index in [4.69, 9.17) is 10.00 Å². The Bertz CT molecular complexity index is 555. The van der Waals surface area contributed by atoms with E-state index < -0.39 is 11.5 Å². The Kier molecular flexibility index (Phi) is 5.89. The fourth-order valence-electron chi connectivity index (χ4n) is 1.47. The van der Waals surface area contributed by atoms with Gasteiger partial charge in [0.1, 0.15) is 6.07 Å². The molecule has 0 aromatic heterocycles. The average molecular weight is 368 g/mol. The first-order chi connectivity index (χ1) is 9.28. The molecular weight excluding hydrogens is 359 g/mol. The number of rotatable bonds is 4. The summed E-state index contributed by atoms with van der Waals surface area (Å²) in [7, 11) is 0. The summed E-state index contributed by atoms with van der Waals surface area (Å²) in [6, 6.07) is 4.37. The van der Waals surface area contributed by atoms with Crippen molar-refractivity contribution in [1.29, 1.82) is 5.26 Å². The van der Waals surface area contributed by atoms with E-state index in [-0.39, 0.29) is 40.8 Å². The quantitative estimate of drug-likeness (QED) is 0.595. The minimum Gasteiger partial charge on any atom is -0.466 e. The molecule has 20 heavy (non-hydrogen) atoms. The van der Waals surface area contributed by atoms with Gasteiger partial charge in [0, 0.05) is 9.37 Å². The van der Waals surface area contributed by atoms with Gasteiger partial charge in [0.25, 0.3) is 0 Å². The number of nitrogens with zero attached hydrogens (tertiary/aromatic N) is 1. The molecule has 1 rings (SSSR count). The SMILES string of the molecule is CCOC(=O)Cc1c(SC(F)(F)F)ccc(Br)c1C#N. The molecule has 0 aliphatic carbocycles. The molecule has 0 fully saturated rings. The second-order valence-corrected chi connectivity index (χ2v) is 5.50. The van der Waals surface area contributed by atoms with Gasteiger partial charge in [-0.15, -0.1) is 0 Å². The van der Waals surface area contributed by atoms with Gasteiger partial charge in [0.2, 0.25) is 0 Å². The summed E-state index contributed by atoms with van der Waals surface area (Å²) in [6.45, 7) is 1.71. The topological polar surface area (TPSA) is 50.1 Å². The van der Waals surface area contributed by atoms with Crippen LogP contribution in [0, 0.1) is 11.3 Å². The molecule has 0 radical (unpaired) electrons. The monoisotopic (exact) mass is 367 g/mol. The van der Waals surface area contributed by atoms with Gasteiger partial charge in [0.15, 0.2) is 0 Å². The highest BCUT2D eigenvalue weighted by atomic mass is 79.9. The fourth-order valence-corrected chi connectivity index (χ4v) is 2.62. The molecule has 0 bridgehead atoms. The van der Waals surface area contributed by atoms with E-state index in [0.29, 0.717) is 4.47 Å². The Balaban J connectivity index is 3.24. The van der Waals surface area contributed by atoms with Crippen LogP contribution in [-0.2, 0) is 16.0 Å². The van der Waals surface area contributed by atoms with Crippen LogP contribution >= 0.6 is 27.7 Å². The van der Waals surface area contributed by atoms with Crippen LogP contribution in [0.25, 0.3) is 0 Å². The lowest BCUT2D eigenvalue weighted by molar-refractivity contribution is -0.142. The van der Waals surface area contributed by atoms with Crippen LogP contribution in [0.4, 0.5) is 13.2 Å². The maximum absolute atomic E-state index is 12.5. The Labute approximate surface area is 126 Å². The van der Waals surface area contributed by atoms with Crippen molar-refractivity contribution >= 4 is 33.7 Å². The average Bonchev–Trinajstić information content (AvgIpc) is 2.32. The van der Waals surface area contributed by atoms with Crippen molar-refractivity contribution < 1.29 is 22.7 Å². The molecule has 0 N–H and O–H groups in total. The number of hydrogen-bond acceptors (Lipinski definition) is 4. The van der Waals surface area contributed by atoms with Crippen molar-refractivity contribution in [3.63, 3.8) is 0 Å². The molecule has 0 aliphatic rings. The lowest BCUT2D eigenvalue weighted by Gasteiger charge is -2.13. The van der Waals surface area contributed by atoms with Crippen molar-refractivity contribution in [3.05, 3.63) is 27.7 Å². The third-order valence-electron chi connectivity index (χ3n) is 2.18. The number of carbonyl (C=O) groups is 1. The Morgan fingerprint density at radius 3 is 2.65 bits per heavy atom. The zero-order chi connectivity index (χ0) is 15.3. The first-order valence-electron chi connectivity index (χ1n) is 5.41. The highest BCUT2D eigenvalue weighted by Gasteiger charge is 2.31. The smallest absolute Gasteiger partial charge is 0.446 e. The van der Waals surface area contributed by atoms with Gasteiger partial charge in [-0.05, 0) is 52.3 Å². The van der Waals surface area contributed by atoms with Crippen LogP contribution in [0.5, 0.6) is 0 Å². The third-order valence-corrected chi connectivity index (χ3v) is 3.68. The maximum atomic E-state index is 12.5. The number of thioether (sulfide) groups is 1. The molecule has 0 heterocycles. The molecule has 8 heteroatoms. The number of benzene rings is 1. The zero-order valence-corrected chi connectivity index (χ0v) is 12.7. The zero-order valence-electron chi connectivity index (χ0n) is 10.3. The van der Waals surface area contributed by atoms with Gasteiger partial charge < -0.3 is 4.74 Å². The van der Waals surface area contributed by atoms with Crippen LogP contribution in [0.2, 0.25) is 0 Å². The molecule has 108 valence electrons. The number of nitriles is 1. The van der Waals surface area contributed by atoms with Crippen LogP contribution < -0.4 is 0 Å². The molecule has 0 saturated carbocycles. The molecule has 0 unspecified atom stereocenters. The highest BCUT2D eigenvalue weighted by molar-refractivity contribution is 9.10. The van der Waals surface area contributed by atoms with Gasteiger partial charge in [-0.3, -0.25) is 4.79 Å². The van der Waals surface area contributed by atoms with Gasteiger partial charge in [-0.2, -0.15) is 18.4 Å². The number of esters is 1. The van der Waals surface area contributed by atoms with E-state index in [1.54, 1.807) is 13.0 Å². The first-order valence-corrected chi connectivity index (χ1v) is 7.02. The number of hydrogen-bond donors (Lipinski definition) is 0. The lowest BCUT2D eigenvalue weighted by Crippen LogP contribution is -2.11. The summed E-state index contributed by atoms with van der Waals surface area (Å²) >= 11 is 2.73. The highest BCUT2D eigenvalue weighted by Crippen LogP contribution is 2.40. The number of alkyl halides is 3. The van der Waals surface area contributed by atoms with E-state index in [9.17, 15) is 18.0 Å². The third kappa shape index (κ3) is 4.72. The van der Waals surface area contributed by atoms with E-state index in [1.165, 1.54) is 12.1 Å². The minimum atomic E-state index is -4.50. The minimum absolute atomic E-state index is 0.00676. The number of ether oxygens (including phenoxy) is 1. The molecular formula is C12H9BrF3NO2S. The van der Waals surface area contributed by atoms with Crippen LogP contribution in [-0.4, -0.2) is 18.1 Å². The van der Waals surface area contributed by atoms with Gasteiger partial charge in [0.05, 0.1) is 18.6 Å². The van der Waals surface area contributed by atoms with Crippen molar-refractivity contribution in [2.45, 2.75) is 23.7 Å². The summed E-state index contributed by atoms with van der Waals surface area (Å²) < 4.78 is 42.5. The van der Waals surface area contributed by atoms with Gasteiger partial charge in [-0.1, -0.05) is 0 Å². The van der Waals surface area contributed by atoms with Crippen LogP contribution in [0.3, 0.4) is 0 Å². The second kappa shape index (κ2) is 6.99.